The van der Waals surface area contributed by atoms with Crippen LogP contribution in [0.15, 0.2) is 74.0 Å². The Labute approximate surface area is 243 Å². The van der Waals surface area contributed by atoms with Gasteiger partial charge in [0.2, 0.25) is 0 Å². The van der Waals surface area contributed by atoms with Gasteiger partial charge in [0.25, 0.3) is 5.56 Å². The van der Waals surface area contributed by atoms with Crippen molar-refractivity contribution in [3.8, 4) is 22.8 Å². The van der Waals surface area contributed by atoms with Crippen molar-refractivity contribution in [3.05, 3.63) is 101 Å². The number of aromatic nitrogens is 1. The molecule has 0 fully saturated rings. The Hall–Kier alpha value is -3.79. The van der Waals surface area contributed by atoms with Gasteiger partial charge in [-0.1, -0.05) is 34.5 Å². The highest BCUT2D eigenvalue weighted by Gasteiger charge is 2.35. The van der Waals surface area contributed by atoms with E-state index < -0.39 is 12.0 Å². The van der Waals surface area contributed by atoms with Crippen LogP contribution in [0.25, 0.3) is 17.4 Å². The molecule has 0 saturated heterocycles. The molecule has 1 aliphatic heterocycles. The smallest absolute Gasteiger partial charge is 0.338 e. The summed E-state index contributed by atoms with van der Waals surface area (Å²) in [4.78, 5) is 32.1. The van der Waals surface area contributed by atoms with E-state index in [2.05, 4.69) is 4.99 Å². The number of rotatable bonds is 7. The summed E-state index contributed by atoms with van der Waals surface area (Å²) in [5, 5.41) is 0.961. The van der Waals surface area contributed by atoms with Crippen LogP contribution in [0.4, 0.5) is 0 Å². The Balaban J connectivity index is 1.68. The number of fused-ring (bicyclic) bond motifs is 1. The molecule has 206 valence electrons. The van der Waals surface area contributed by atoms with Crippen molar-refractivity contribution >= 4 is 46.6 Å². The van der Waals surface area contributed by atoms with E-state index in [0.717, 1.165) is 0 Å². The van der Waals surface area contributed by atoms with Gasteiger partial charge in [0.15, 0.2) is 4.80 Å². The summed E-state index contributed by atoms with van der Waals surface area (Å²) in [5.41, 5.74) is 1.57. The van der Waals surface area contributed by atoms with E-state index >= 15 is 0 Å². The summed E-state index contributed by atoms with van der Waals surface area (Å²) in [6.45, 7) is 3.61. The molecule has 0 saturated carbocycles. The zero-order chi connectivity index (χ0) is 28.6. The molecule has 3 heterocycles. The second-order valence-electron chi connectivity index (χ2n) is 8.74. The summed E-state index contributed by atoms with van der Waals surface area (Å²) in [7, 11) is 3.07. The molecule has 1 atom stereocenters. The minimum atomic E-state index is -0.859. The quantitative estimate of drug-likeness (QED) is 0.265. The second-order valence-corrected chi connectivity index (χ2v) is 10.6. The van der Waals surface area contributed by atoms with E-state index in [0.29, 0.717) is 59.2 Å². The Kier molecular flexibility index (Phi) is 7.89. The van der Waals surface area contributed by atoms with Gasteiger partial charge >= 0.3 is 5.97 Å². The van der Waals surface area contributed by atoms with Crippen molar-refractivity contribution in [1.82, 2.24) is 4.57 Å². The minimum Gasteiger partial charge on any atom is -0.497 e. The Morgan fingerprint density at radius 2 is 1.93 bits per heavy atom. The summed E-state index contributed by atoms with van der Waals surface area (Å²) in [5.74, 6) is 1.43. The third-order valence-corrected chi connectivity index (χ3v) is 7.88. The normalized spacial score (nSPS) is 15.1. The van der Waals surface area contributed by atoms with Crippen molar-refractivity contribution in [2.75, 3.05) is 20.8 Å². The number of carbonyl (C=O) groups is 1. The van der Waals surface area contributed by atoms with E-state index in [-0.39, 0.29) is 17.7 Å². The van der Waals surface area contributed by atoms with Gasteiger partial charge in [0.05, 0.1) is 41.7 Å². The molecule has 0 radical (unpaired) electrons. The van der Waals surface area contributed by atoms with Crippen LogP contribution in [0.2, 0.25) is 10.0 Å². The first-order chi connectivity index (χ1) is 19.2. The van der Waals surface area contributed by atoms with Crippen LogP contribution >= 0.6 is 34.5 Å². The van der Waals surface area contributed by atoms with E-state index in [1.54, 1.807) is 75.6 Å². The predicted molar refractivity (Wildman–Crippen MR) is 154 cm³/mol. The number of nitrogens with zero attached hydrogens (tertiary/aromatic N) is 2. The van der Waals surface area contributed by atoms with Gasteiger partial charge in [0, 0.05) is 22.2 Å². The molecule has 0 unspecified atom stereocenters. The monoisotopic (exact) mass is 598 g/mol. The van der Waals surface area contributed by atoms with Crippen molar-refractivity contribution in [2.24, 2.45) is 4.99 Å². The molecule has 8 nitrogen and oxygen atoms in total. The molecule has 0 N–H and O–H groups in total. The maximum Gasteiger partial charge on any atom is 0.338 e. The van der Waals surface area contributed by atoms with Crippen molar-refractivity contribution < 1.29 is 23.4 Å². The largest absolute Gasteiger partial charge is 0.497 e. The third-order valence-electron chi connectivity index (χ3n) is 6.35. The molecule has 0 bridgehead atoms. The summed E-state index contributed by atoms with van der Waals surface area (Å²) >= 11 is 13.5. The van der Waals surface area contributed by atoms with Crippen LogP contribution in [-0.4, -0.2) is 31.4 Å². The van der Waals surface area contributed by atoms with Crippen LogP contribution in [0.3, 0.4) is 0 Å². The Morgan fingerprint density at radius 1 is 1.12 bits per heavy atom. The lowest BCUT2D eigenvalue weighted by molar-refractivity contribution is -0.139. The van der Waals surface area contributed by atoms with Crippen LogP contribution in [0.1, 0.15) is 31.2 Å². The first-order valence-corrected chi connectivity index (χ1v) is 13.8. The Bertz CT molecular complexity index is 1840. The second kappa shape index (κ2) is 11.4. The lowest BCUT2D eigenvalue weighted by Crippen LogP contribution is -2.40. The Morgan fingerprint density at radius 3 is 2.62 bits per heavy atom. The first-order valence-electron chi connectivity index (χ1n) is 12.2. The molecule has 5 rings (SSSR count). The number of allylic oxidation sites excluding steroid dienone is 1. The average Bonchev–Trinajstić information content (AvgIpc) is 3.51. The van der Waals surface area contributed by atoms with Crippen LogP contribution in [0.5, 0.6) is 11.5 Å². The first kappa shape index (κ1) is 27.8. The van der Waals surface area contributed by atoms with Crippen molar-refractivity contribution in [3.63, 3.8) is 0 Å². The SMILES string of the molecule is CCOC(=O)C1=C(C)N=c2s/c(=C/c3ccc(-c4ccc(Cl)cc4Cl)o3)c(=O)n2[C@@H]1c1cc(OC)ccc1OC. The molecule has 40 heavy (non-hydrogen) atoms. The number of thiazole rings is 1. The number of halogens is 2. The van der Waals surface area contributed by atoms with E-state index in [1.807, 2.05) is 0 Å². The van der Waals surface area contributed by atoms with Crippen LogP contribution in [-0.2, 0) is 9.53 Å². The third kappa shape index (κ3) is 5.08. The molecule has 11 heteroatoms. The number of methoxy groups -OCH3 is 2. The molecule has 2 aromatic heterocycles. The maximum atomic E-state index is 13.9. The van der Waals surface area contributed by atoms with Crippen molar-refractivity contribution in [1.29, 1.82) is 0 Å². The number of benzene rings is 2. The number of ether oxygens (including phenoxy) is 3. The average molecular weight is 599 g/mol. The minimum absolute atomic E-state index is 0.167. The van der Waals surface area contributed by atoms with Gasteiger partial charge in [0.1, 0.15) is 29.1 Å². The number of hydrogen-bond acceptors (Lipinski definition) is 8. The zero-order valence-corrected chi connectivity index (χ0v) is 24.3. The molecule has 0 amide bonds. The molecule has 0 aliphatic carbocycles. The van der Waals surface area contributed by atoms with E-state index in [1.165, 1.54) is 23.0 Å². The van der Waals surface area contributed by atoms with Gasteiger partial charge < -0.3 is 18.6 Å². The van der Waals surface area contributed by atoms with E-state index in [9.17, 15) is 9.59 Å². The molecule has 4 aromatic rings. The van der Waals surface area contributed by atoms with E-state index in [4.69, 9.17) is 41.8 Å². The van der Waals surface area contributed by atoms with Crippen LogP contribution in [0, 0.1) is 0 Å². The standard InChI is InChI=1S/C29H24Cl2N2O6S/c1-5-38-28(35)25-15(2)32-29-33(26(25)20-13-17(36-3)7-10-22(20)37-4)27(34)24(40-29)14-18-8-11-23(39-18)19-9-6-16(30)12-21(19)31/h6-14,26H,5H2,1-4H3/b24-14+/t26-/m1/s1. The summed E-state index contributed by atoms with van der Waals surface area (Å²) in [6.07, 6.45) is 1.64. The topological polar surface area (TPSA) is 92.3 Å². The molecule has 2 aromatic carbocycles. The number of carbonyl (C=O) groups excluding carboxylic acids is 1. The fraction of sp³-hybridized carbons (Fsp3) is 0.207. The summed E-state index contributed by atoms with van der Waals surface area (Å²) in [6, 6.07) is 13.0. The number of esters is 1. The highest BCUT2D eigenvalue weighted by atomic mass is 35.5. The fourth-order valence-electron chi connectivity index (χ4n) is 4.53. The molecule has 0 spiro atoms. The van der Waals surface area contributed by atoms with Gasteiger partial charge in [-0.05, 0) is 62.4 Å². The van der Waals surface area contributed by atoms with Gasteiger partial charge in [-0.15, -0.1) is 0 Å². The maximum absolute atomic E-state index is 13.9. The summed E-state index contributed by atoms with van der Waals surface area (Å²) < 4.78 is 24.3. The number of hydrogen-bond donors (Lipinski definition) is 0. The van der Waals surface area contributed by atoms with Crippen molar-refractivity contribution in [2.45, 2.75) is 19.9 Å². The molecule has 1 aliphatic rings. The van der Waals surface area contributed by atoms with Gasteiger partial charge in [-0.2, -0.15) is 0 Å². The fourth-order valence-corrected chi connectivity index (χ4v) is 6.06. The molecular formula is C29H24Cl2N2O6S. The van der Waals surface area contributed by atoms with Gasteiger partial charge in [-0.3, -0.25) is 9.36 Å². The van der Waals surface area contributed by atoms with Crippen LogP contribution < -0.4 is 24.4 Å². The lowest BCUT2D eigenvalue weighted by atomic mass is 9.95. The molecular weight excluding hydrogens is 575 g/mol. The highest BCUT2D eigenvalue weighted by Crippen LogP contribution is 2.38. The predicted octanol–water partition coefficient (Wildman–Crippen LogP) is 5.38. The lowest BCUT2D eigenvalue weighted by Gasteiger charge is -2.26. The van der Waals surface area contributed by atoms with Gasteiger partial charge in [-0.25, -0.2) is 9.79 Å². The highest BCUT2D eigenvalue weighted by molar-refractivity contribution is 7.07. The number of furan rings is 1. The zero-order valence-electron chi connectivity index (χ0n) is 22.0.